The Hall–Kier alpha value is -0.900. The van der Waals surface area contributed by atoms with Gasteiger partial charge < -0.3 is 14.6 Å². The predicted octanol–water partition coefficient (Wildman–Crippen LogP) is 2.12. The maximum absolute atomic E-state index is 9.99. The van der Waals surface area contributed by atoms with Gasteiger partial charge in [-0.05, 0) is 19.4 Å². The van der Waals surface area contributed by atoms with Crippen molar-refractivity contribution in [2.45, 2.75) is 26.2 Å². The zero-order valence-electron chi connectivity index (χ0n) is 9.22. The van der Waals surface area contributed by atoms with Gasteiger partial charge in [-0.1, -0.05) is 30.3 Å². The van der Waals surface area contributed by atoms with Crippen molar-refractivity contribution in [2.24, 2.45) is 0 Å². The van der Waals surface area contributed by atoms with E-state index >= 15 is 0 Å². The number of benzene rings is 1. The van der Waals surface area contributed by atoms with Crippen molar-refractivity contribution >= 4 is 0 Å². The van der Waals surface area contributed by atoms with E-state index in [1.54, 1.807) is 0 Å². The van der Waals surface area contributed by atoms with Crippen molar-refractivity contribution in [3.63, 3.8) is 0 Å². The molecule has 1 N–H and O–H groups in total. The lowest BCUT2D eigenvalue weighted by Gasteiger charge is -2.22. The first-order valence-corrected chi connectivity index (χ1v) is 5.25. The quantitative estimate of drug-likeness (QED) is 0.731. The second kappa shape index (κ2) is 6.56. The Labute approximate surface area is 90.6 Å². The molecule has 0 aliphatic carbocycles. The lowest BCUT2D eigenvalue weighted by molar-refractivity contribution is -0.191. The molecule has 3 heteroatoms. The van der Waals surface area contributed by atoms with E-state index in [1.165, 1.54) is 0 Å². The molecule has 0 spiro atoms. The predicted molar refractivity (Wildman–Crippen MR) is 58.4 cm³/mol. The van der Waals surface area contributed by atoms with Crippen molar-refractivity contribution in [2.75, 3.05) is 13.2 Å². The Bertz CT molecular complexity index is 255. The van der Waals surface area contributed by atoms with Gasteiger partial charge in [0.1, 0.15) is 6.10 Å². The Morgan fingerprint density at radius 2 is 1.60 bits per heavy atom. The second-order valence-corrected chi connectivity index (χ2v) is 3.13. The summed E-state index contributed by atoms with van der Waals surface area (Å²) in [4.78, 5) is 0. The number of hydrogen-bond donors (Lipinski definition) is 1. The molecular formula is C12H18O3. The average Bonchev–Trinajstić information content (AvgIpc) is 2.29. The summed E-state index contributed by atoms with van der Waals surface area (Å²) in [6.45, 7) is 4.80. The molecule has 0 radical (unpaired) electrons. The highest BCUT2D eigenvalue weighted by Crippen LogP contribution is 2.19. The van der Waals surface area contributed by atoms with Crippen LogP contribution < -0.4 is 0 Å². The first-order valence-electron chi connectivity index (χ1n) is 5.25. The molecule has 1 atom stereocenters. The third kappa shape index (κ3) is 3.63. The van der Waals surface area contributed by atoms with Crippen LogP contribution in [0.5, 0.6) is 0 Å². The summed E-state index contributed by atoms with van der Waals surface area (Å²) in [5.41, 5.74) is 0.810. The zero-order valence-corrected chi connectivity index (χ0v) is 9.22. The maximum atomic E-state index is 9.99. The molecule has 0 unspecified atom stereocenters. The highest BCUT2D eigenvalue weighted by atomic mass is 16.7. The summed E-state index contributed by atoms with van der Waals surface area (Å²) in [6, 6.07) is 9.39. The molecule has 0 saturated heterocycles. The molecule has 0 bridgehead atoms. The van der Waals surface area contributed by atoms with Gasteiger partial charge in [0.2, 0.25) is 0 Å². The highest BCUT2D eigenvalue weighted by Gasteiger charge is 2.20. The van der Waals surface area contributed by atoms with Crippen molar-refractivity contribution in [3.05, 3.63) is 35.9 Å². The van der Waals surface area contributed by atoms with E-state index in [4.69, 9.17) is 9.47 Å². The van der Waals surface area contributed by atoms with Crippen molar-refractivity contribution in [1.82, 2.24) is 0 Å². The van der Waals surface area contributed by atoms with Crippen LogP contribution in [0.15, 0.2) is 30.3 Å². The molecule has 0 fully saturated rings. The first-order chi connectivity index (χ1) is 7.29. The third-order valence-electron chi connectivity index (χ3n) is 2.06. The van der Waals surface area contributed by atoms with Crippen molar-refractivity contribution < 1.29 is 14.6 Å². The van der Waals surface area contributed by atoms with Gasteiger partial charge in [0.05, 0.1) is 0 Å². The zero-order chi connectivity index (χ0) is 11.1. The Balaban J connectivity index is 2.67. The maximum Gasteiger partial charge on any atom is 0.187 e. The van der Waals surface area contributed by atoms with Gasteiger partial charge in [-0.25, -0.2) is 0 Å². The number of aliphatic hydroxyl groups is 1. The van der Waals surface area contributed by atoms with E-state index in [9.17, 15) is 5.11 Å². The van der Waals surface area contributed by atoms with Crippen molar-refractivity contribution in [1.29, 1.82) is 0 Å². The van der Waals surface area contributed by atoms with Crippen LogP contribution in [0.2, 0.25) is 0 Å². The fourth-order valence-electron chi connectivity index (χ4n) is 1.37. The molecule has 3 nitrogen and oxygen atoms in total. The minimum atomic E-state index is -0.730. The third-order valence-corrected chi connectivity index (χ3v) is 2.06. The SMILES string of the molecule is CCOC(OCC)[C@@H](O)c1ccccc1. The van der Waals surface area contributed by atoms with Crippen LogP contribution in [0.4, 0.5) is 0 Å². The van der Waals surface area contributed by atoms with Gasteiger partial charge in [-0.15, -0.1) is 0 Å². The van der Waals surface area contributed by atoms with Crippen LogP contribution in [0.25, 0.3) is 0 Å². The van der Waals surface area contributed by atoms with Crippen LogP contribution in [-0.4, -0.2) is 24.6 Å². The van der Waals surface area contributed by atoms with Gasteiger partial charge in [0, 0.05) is 13.2 Å². The van der Waals surface area contributed by atoms with Crippen LogP contribution in [0.3, 0.4) is 0 Å². The molecule has 1 rings (SSSR count). The topological polar surface area (TPSA) is 38.7 Å². The standard InChI is InChI=1S/C12H18O3/c1-3-14-12(15-4-2)11(13)10-8-6-5-7-9-10/h5-9,11-13H,3-4H2,1-2H3/t11-/m0/s1. The number of aliphatic hydroxyl groups excluding tert-OH is 1. The van der Waals surface area contributed by atoms with Crippen LogP contribution in [-0.2, 0) is 9.47 Å². The Morgan fingerprint density at radius 3 is 2.07 bits per heavy atom. The lowest BCUT2D eigenvalue weighted by atomic mass is 10.1. The molecular weight excluding hydrogens is 192 g/mol. The molecule has 1 aromatic rings. The molecule has 0 saturated carbocycles. The normalized spacial score (nSPS) is 13.1. The van der Waals surface area contributed by atoms with Gasteiger partial charge in [-0.2, -0.15) is 0 Å². The van der Waals surface area contributed by atoms with E-state index in [2.05, 4.69) is 0 Å². The minimum absolute atomic E-state index is 0.522. The molecule has 0 aliphatic rings. The summed E-state index contributed by atoms with van der Waals surface area (Å²) in [6.07, 6.45) is -1.31. The summed E-state index contributed by atoms with van der Waals surface area (Å²) in [5, 5.41) is 9.99. The number of rotatable bonds is 6. The summed E-state index contributed by atoms with van der Waals surface area (Å²) >= 11 is 0. The molecule has 0 aliphatic heterocycles. The first kappa shape index (κ1) is 12.2. The second-order valence-electron chi connectivity index (χ2n) is 3.13. The largest absolute Gasteiger partial charge is 0.383 e. The highest BCUT2D eigenvalue weighted by molar-refractivity contribution is 5.17. The van der Waals surface area contributed by atoms with E-state index in [1.807, 2.05) is 44.2 Å². The van der Waals surface area contributed by atoms with Crippen LogP contribution in [0, 0.1) is 0 Å². The van der Waals surface area contributed by atoms with E-state index in [0.717, 1.165) is 5.56 Å². The monoisotopic (exact) mass is 210 g/mol. The molecule has 84 valence electrons. The molecule has 0 aromatic heterocycles. The van der Waals surface area contributed by atoms with Crippen LogP contribution >= 0.6 is 0 Å². The Morgan fingerprint density at radius 1 is 1.07 bits per heavy atom. The summed E-state index contributed by atoms with van der Waals surface area (Å²) < 4.78 is 10.7. The number of ether oxygens (including phenoxy) is 2. The van der Waals surface area contributed by atoms with Crippen molar-refractivity contribution in [3.8, 4) is 0 Å². The van der Waals surface area contributed by atoms with E-state index in [0.29, 0.717) is 13.2 Å². The average molecular weight is 210 g/mol. The Kier molecular flexibility index (Phi) is 5.32. The smallest absolute Gasteiger partial charge is 0.187 e. The number of hydrogen-bond acceptors (Lipinski definition) is 3. The minimum Gasteiger partial charge on any atom is -0.383 e. The fraction of sp³-hybridized carbons (Fsp3) is 0.500. The van der Waals surface area contributed by atoms with Crippen LogP contribution in [0.1, 0.15) is 25.5 Å². The molecule has 1 aromatic carbocycles. The lowest BCUT2D eigenvalue weighted by Crippen LogP contribution is -2.25. The molecule has 15 heavy (non-hydrogen) atoms. The summed E-state index contributed by atoms with van der Waals surface area (Å²) in [5.74, 6) is 0. The molecule has 0 amide bonds. The molecule has 0 heterocycles. The van der Waals surface area contributed by atoms with Gasteiger partial charge in [0.15, 0.2) is 6.29 Å². The summed E-state index contributed by atoms with van der Waals surface area (Å²) in [7, 11) is 0. The van der Waals surface area contributed by atoms with Gasteiger partial charge in [-0.3, -0.25) is 0 Å². The van der Waals surface area contributed by atoms with E-state index in [-0.39, 0.29) is 0 Å². The van der Waals surface area contributed by atoms with E-state index < -0.39 is 12.4 Å². The van der Waals surface area contributed by atoms with Gasteiger partial charge in [0.25, 0.3) is 0 Å². The van der Waals surface area contributed by atoms with Gasteiger partial charge >= 0.3 is 0 Å². The fourth-order valence-corrected chi connectivity index (χ4v) is 1.37.